The van der Waals surface area contributed by atoms with Crippen LogP contribution >= 0.6 is 0 Å². The van der Waals surface area contributed by atoms with E-state index in [-0.39, 0.29) is 89.7 Å². The van der Waals surface area contributed by atoms with Gasteiger partial charge in [-0.2, -0.15) is 0 Å². The van der Waals surface area contributed by atoms with E-state index in [9.17, 15) is 29.1 Å². The lowest BCUT2D eigenvalue weighted by atomic mass is 9.83. The Kier molecular flexibility index (Phi) is 20.5. The SMILES string of the molecule is CC[C@H](C)[C@@H]([C@@H](CC(=O)N1CCC[C@H]1[C@H](OC)[C@@H](C)C(=O)C[C@@H](Cc1ccc(O)cc1)C(=O)N1CCCCO1)OC)N(C)C(=O)[C@@H](CC(=O)[C@H](C(C)C)N(C)C(C)(C)C)C(C)C. The number of carbonyl (C=O) groups is 5. The molecule has 1 aromatic carbocycles. The van der Waals surface area contributed by atoms with Crippen molar-refractivity contribution >= 4 is 29.3 Å². The zero-order valence-corrected chi connectivity index (χ0v) is 40.6. The summed E-state index contributed by atoms with van der Waals surface area (Å²) in [7, 11) is 6.90. The molecule has 3 amide bonds. The number of ether oxygens (including phenoxy) is 2. The average Bonchev–Trinajstić information content (AvgIpc) is 3.72. The van der Waals surface area contributed by atoms with E-state index in [1.54, 1.807) is 50.4 Å². The Hall–Kier alpha value is -3.39. The Balaban J connectivity index is 1.82. The summed E-state index contributed by atoms with van der Waals surface area (Å²) >= 11 is 0. The van der Waals surface area contributed by atoms with Crippen LogP contribution in [0.2, 0.25) is 0 Å². The van der Waals surface area contributed by atoms with Crippen molar-refractivity contribution in [3.8, 4) is 5.75 Å². The van der Waals surface area contributed by atoms with Gasteiger partial charge in [0.05, 0.1) is 49.3 Å². The Morgan fingerprint density at radius 1 is 0.855 bits per heavy atom. The number of phenolic OH excluding ortho intramolecular Hbond substituents is 1. The lowest BCUT2D eigenvalue weighted by Crippen LogP contribution is -2.55. The standard InChI is InChI=1S/C49H82N4O9/c1-15-33(6)45(50(11)48(59)38(31(2)3)29-41(56)44(32(4)5)51(12)49(8,9)10)42(60-13)30-43(57)52-24-18-19-39(52)46(61-14)34(7)40(55)28-36(27-35-20-22-37(54)23-21-35)47(58)53-25-16-17-26-62-53/h20-23,31-34,36,38-39,42,44-46,54H,15-19,24-30H2,1-14H3/t33-,34-,36+,38-,39-,42+,44-,45-,46+/m0/s1. The quantitative estimate of drug-likeness (QED) is 0.122. The number of methoxy groups -OCH3 is 2. The van der Waals surface area contributed by atoms with E-state index in [0.29, 0.717) is 32.5 Å². The van der Waals surface area contributed by atoms with Gasteiger partial charge in [-0.25, -0.2) is 5.06 Å². The van der Waals surface area contributed by atoms with Crippen molar-refractivity contribution in [2.75, 3.05) is 48.0 Å². The number of benzene rings is 1. The topological polar surface area (TPSA) is 146 Å². The molecule has 13 heteroatoms. The van der Waals surface area contributed by atoms with Crippen molar-refractivity contribution in [1.29, 1.82) is 0 Å². The van der Waals surface area contributed by atoms with E-state index in [0.717, 1.165) is 31.2 Å². The zero-order chi connectivity index (χ0) is 46.6. The molecule has 1 N–H and O–H groups in total. The van der Waals surface area contributed by atoms with Gasteiger partial charge in [-0.1, -0.05) is 67.0 Å². The largest absolute Gasteiger partial charge is 0.508 e. The number of hydroxylamine groups is 2. The highest BCUT2D eigenvalue weighted by Crippen LogP contribution is 2.33. The Bertz CT molecular complexity index is 1600. The normalized spacial score (nSPS) is 20.1. The van der Waals surface area contributed by atoms with E-state index in [1.165, 1.54) is 5.06 Å². The van der Waals surface area contributed by atoms with E-state index in [1.807, 2.05) is 46.6 Å². The van der Waals surface area contributed by atoms with Gasteiger partial charge >= 0.3 is 0 Å². The average molecular weight is 871 g/mol. The fraction of sp³-hybridized carbons (Fsp3) is 0.776. The van der Waals surface area contributed by atoms with E-state index >= 15 is 0 Å². The maximum atomic E-state index is 14.6. The van der Waals surface area contributed by atoms with Gasteiger partial charge < -0.3 is 24.4 Å². The molecule has 1 aromatic rings. The number of rotatable bonds is 23. The van der Waals surface area contributed by atoms with E-state index < -0.39 is 36.0 Å². The van der Waals surface area contributed by atoms with Crippen molar-refractivity contribution in [2.45, 2.75) is 163 Å². The maximum absolute atomic E-state index is 14.6. The lowest BCUT2D eigenvalue weighted by Gasteiger charge is -2.42. The van der Waals surface area contributed by atoms with Gasteiger partial charge in [0.2, 0.25) is 17.7 Å². The molecule has 0 bridgehead atoms. The number of Topliss-reactive ketones (excluding diaryl/α,β-unsaturated/α-hetero) is 2. The van der Waals surface area contributed by atoms with Crippen molar-refractivity contribution in [3.05, 3.63) is 29.8 Å². The third kappa shape index (κ3) is 13.8. The molecule has 2 fully saturated rings. The van der Waals surface area contributed by atoms with Crippen LogP contribution in [-0.4, -0.2) is 138 Å². The first-order valence-corrected chi connectivity index (χ1v) is 23.2. The second kappa shape index (κ2) is 24.1. The highest BCUT2D eigenvalue weighted by Gasteiger charge is 2.44. The summed E-state index contributed by atoms with van der Waals surface area (Å²) in [6.45, 7) is 21.7. The third-order valence-corrected chi connectivity index (χ3v) is 13.8. The van der Waals surface area contributed by atoms with Crippen LogP contribution in [0.1, 0.15) is 126 Å². The van der Waals surface area contributed by atoms with Crippen LogP contribution in [0.25, 0.3) is 0 Å². The number of carbonyl (C=O) groups excluding carboxylic acids is 5. The minimum atomic E-state index is -0.680. The molecule has 62 heavy (non-hydrogen) atoms. The molecule has 2 aliphatic rings. The maximum Gasteiger partial charge on any atom is 0.250 e. The van der Waals surface area contributed by atoms with Gasteiger partial charge in [0, 0.05) is 64.6 Å². The van der Waals surface area contributed by atoms with E-state index in [2.05, 4.69) is 39.5 Å². The molecule has 0 aliphatic carbocycles. The summed E-state index contributed by atoms with van der Waals surface area (Å²) in [6.07, 6.45) is 2.99. The van der Waals surface area contributed by atoms with Crippen molar-refractivity contribution in [1.82, 2.24) is 19.8 Å². The molecule has 2 saturated heterocycles. The highest BCUT2D eigenvalue weighted by molar-refractivity contribution is 5.90. The van der Waals surface area contributed by atoms with Crippen LogP contribution in [0.5, 0.6) is 5.75 Å². The van der Waals surface area contributed by atoms with Gasteiger partial charge in [0.25, 0.3) is 0 Å². The lowest BCUT2D eigenvalue weighted by molar-refractivity contribution is -0.201. The third-order valence-electron chi connectivity index (χ3n) is 13.8. The summed E-state index contributed by atoms with van der Waals surface area (Å²) in [5, 5.41) is 11.2. The Morgan fingerprint density at radius 3 is 2.02 bits per heavy atom. The molecule has 9 atom stereocenters. The number of aromatic hydroxyl groups is 1. The van der Waals surface area contributed by atoms with Gasteiger partial charge in [-0.05, 0) is 95.4 Å². The minimum absolute atomic E-state index is 0.0213. The summed E-state index contributed by atoms with van der Waals surface area (Å²) in [6, 6.07) is 5.50. The van der Waals surface area contributed by atoms with Gasteiger partial charge in [-0.15, -0.1) is 0 Å². The van der Waals surface area contributed by atoms with Crippen LogP contribution < -0.4 is 0 Å². The fourth-order valence-electron chi connectivity index (χ4n) is 9.57. The molecule has 2 aliphatic heterocycles. The fourth-order valence-corrected chi connectivity index (χ4v) is 9.57. The second-order valence-corrected chi connectivity index (χ2v) is 19.8. The van der Waals surface area contributed by atoms with Crippen LogP contribution in [0.4, 0.5) is 0 Å². The van der Waals surface area contributed by atoms with Crippen LogP contribution in [0.15, 0.2) is 24.3 Å². The number of nitrogens with zero attached hydrogens (tertiary/aromatic N) is 4. The monoisotopic (exact) mass is 871 g/mol. The van der Waals surface area contributed by atoms with Crippen molar-refractivity contribution in [3.63, 3.8) is 0 Å². The van der Waals surface area contributed by atoms with Crippen molar-refractivity contribution < 1.29 is 43.4 Å². The Labute approximate surface area is 373 Å². The first kappa shape index (κ1) is 53.0. The van der Waals surface area contributed by atoms with Gasteiger partial charge in [-0.3, -0.25) is 33.7 Å². The summed E-state index contributed by atoms with van der Waals surface area (Å²) in [4.78, 5) is 82.4. The number of hydrogen-bond acceptors (Lipinski definition) is 10. The molecular weight excluding hydrogens is 789 g/mol. The van der Waals surface area contributed by atoms with Crippen LogP contribution in [0.3, 0.4) is 0 Å². The molecule has 0 aromatic heterocycles. The first-order valence-electron chi connectivity index (χ1n) is 23.2. The summed E-state index contributed by atoms with van der Waals surface area (Å²) < 4.78 is 12.2. The van der Waals surface area contributed by atoms with Crippen LogP contribution in [-0.2, 0) is 44.7 Å². The molecule has 13 nitrogen and oxygen atoms in total. The molecule has 0 spiro atoms. The predicted octanol–water partition coefficient (Wildman–Crippen LogP) is 6.97. The molecule has 2 heterocycles. The van der Waals surface area contributed by atoms with Crippen molar-refractivity contribution in [2.24, 2.45) is 35.5 Å². The van der Waals surface area contributed by atoms with Gasteiger partial charge in [0.15, 0.2) is 5.78 Å². The summed E-state index contributed by atoms with van der Waals surface area (Å²) in [5.74, 6) is -2.39. The summed E-state index contributed by atoms with van der Waals surface area (Å²) in [5.41, 5.74) is 0.590. The van der Waals surface area contributed by atoms with Crippen LogP contribution in [0, 0.1) is 35.5 Å². The number of ketones is 2. The molecule has 0 saturated carbocycles. The molecule has 352 valence electrons. The second-order valence-electron chi connectivity index (χ2n) is 19.8. The molecule has 0 radical (unpaired) electrons. The predicted molar refractivity (Wildman–Crippen MR) is 242 cm³/mol. The number of likely N-dealkylation sites (tertiary alicyclic amines) is 1. The number of phenols is 1. The molecular formula is C49H82N4O9. The number of amides is 3. The molecule has 0 unspecified atom stereocenters. The zero-order valence-electron chi connectivity index (χ0n) is 40.6. The number of hydrogen-bond donors (Lipinski definition) is 1. The highest BCUT2D eigenvalue weighted by atomic mass is 16.7. The first-order chi connectivity index (χ1) is 29.1. The number of likely N-dealkylation sites (N-methyl/N-ethyl adjacent to an activating group) is 2. The van der Waals surface area contributed by atoms with E-state index in [4.69, 9.17) is 14.3 Å². The Morgan fingerprint density at radius 2 is 1.50 bits per heavy atom. The smallest absolute Gasteiger partial charge is 0.250 e. The van der Waals surface area contributed by atoms with Gasteiger partial charge in [0.1, 0.15) is 11.5 Å². The molecule has 3 rings (SSSR count). The minimum Gasteiger partial charge on any atom is -0.508 e.